The molecule has 0 aliphatic carbocycles. The van der Waals surface area contributed by atoms with Crippen molar-refractivity contribution in [1.82, 2.24) is 14.1 Å². The monoisotopic (exact) mass is 467 g/mol. The number of nitrogens with zero attached hydrogens (tertiary/aromatic N) is 3. The maximum atomic E-state index is 13.2. The molecule has 4 rings (SSSR count). The molecule has 3 heterocycles. The Bertz CT molecular complexity index is 1480. The fourth-order valence-electron chi connectivity index (χ4n) is 3.98. The number of aliphatic hydroxyl groups excluding tert-OH is 1. The molecule has 0 aliphatic heterocycles. The van der Waals surface area contributed by atoms with E-state index in [4.69, 9.17) is 4.74 Å². The molecule has 9 heteroatoms. The van der Waals surface area contributed by atoms with Crippen LogP contribution in [0.25, 0.3) is 21.1 Å². The first-order valence-electron chi connectivity index (χ1n) is 10.7. The number of benzene rings is 1. The summed E-state index contributed by atoms with van der Waals surface area (Å²) in [5, 5.41) is 12.3. The number of thiophene rings is 1. The molecular formula is C24H25N3O5S. The third kappa shape index (κ3) is 3.87. The molecule has 0 saturated heterocycles. The molecule has 172 valence electrons. The van der Waals surface area contributed by atoms with Crippen molar-refractivity contribution in [2.45, 2.75) is 33.4 Å². The first kappa shape index (κ1) is 22.9. The van der Waals surface area contributed by atoms with Gasteiger partial charge in [0.2, 0.25) is 0 Å². The summed E-state index contributed by atoms with van der Waals surface area (Å²) in [6, 6.07) is 8.97. The van der Waals surface area contributed by atoms with Crippen molar-refractivity contribution in [2.75, 3.05) is 6.61 Å². The largest absolute Gasteiger partial charge is 0.462 e. The SMILES string of the molecule is CCOC(=O)c1c(C(O)c2cccc3ncccc23)sc2c1c(=O)n(C)c(=O)n2CC(C)C. The molecule has 1 aromatic carbocycles. The summed E-state index contributed by atoms with van der Waals surface area (Å²) in [4.78, 5) is 44.1. The maximum Gasteiger partial charge on any atom is 0.340 e. The van der Waals surface area contributed by atoms with E-state index >= 15 is 0 Å². The Morgan fingerprint density at radius 2 is 1.97 bits per heavy atom. The van der Waals surface area contributed by atoms with Crippen molar-refractivity contribution in [3.63, 3.8) is 0 Å². The average Bonchev–Trinajstić information content (AvgIpc) is 3.20. The van der Waals surface area contributed by atoms with Crippen molar-refractivity contribution in [3.8, 4) is 0 Å². The first-order valence-corrected chi connectivity index (χ1v) is 11.5. The van der Waals surface area contributed by atoms with Gasteiger partial charge in [0.05, 0.1) is 28.0 Å². The molecule has 1 N–H and O–H groups in total. The molecule has 0 bridgehead atoms. The summed E-state index contributed by atoms with van der Waals surface area (Å²) in [6.45, 7) is 6.06. The molecule has 8 nitrogen and oxygen atoms in total. The minimum absolute atomic E-state index is 0.00310. The number of rotatable bonds is 6. The van der Waals surface area contributed by atoms with Crippen LogP contribution in [0.2, 0.25) is 0 Å². The highest BCUT2D eigenvalue weighted by molar-refractivity contribution is 7.19. The van der Waals surface area contributed by atoms with Crippen molar-refractivity contribution in [2.24, 2.45) is 13.0 Å². The van der Waals surface area contributed by atoms with Gasteiger partial charge in [-0.2, -0.15) is 0 Å². The standard InChI is InChI=1S/C24H25N3O5S/c1-5-32-23(30)17-18-21(29)26(4)24(31)27(12-13(2)3)22(18)33-20(17)19(28)15-8-6-10-16-14(15)9-7-11-25-16/h6-11,13,19,28H,5,12H2,1-4H3. The van der Waals surface area contributed by atoms with Gasteiger partial charge >= 0.3 is 11.7 Å². The summed E-state index contributed by atoms with van der Waals surface area (Å²) in [5.41, 5.74) is 0.191. The van der Waals surface area contributed by atoms with E-state index in [-0.39, 0.29) is 28.4 Å². The van der Waals surface area contributed by atoms with Gasteiger partial charge in [0.1, 0.15) is 10.9 Å². The molecule has 0 saturated carbocycles. The third-order valence-electron chi connectivity index (χ3n) is 5.45. The number of ether oxygens (including phenoxy) is 1. The van der Waals surface area contributed by atoms with Crippen LogP contribution in [0.1, 0.15) is 47.7 Å². The predicted octanol–water partition coefficient (Wildman–Crippen LogP) is 3.22. The highest BCUT2D eigenvalue weighted by Crippen LogP contribution is 2.38. The maximum absolute atomic E-state index is 13.2. The van der Waals surface area contributed by atoms with Crippen molar-refractivity contribution in [1.29, 1.82) is 0 Å². The smallest absolute Gasteiger partial charge is 0.340 e. The van der Waals surface area contributed by atoms with Crippen LogP contribution in [0.15, 0.2) is 46.1 Å². The summed E-state index contributed by atoms with van der Waals surface area (Å²) >= 11 is 1.07. The number of aliphatic hydroxyl groups is 1. The van der Waals surface area contributed by atoms with Crippen LogP contribution < -0.4 is 11.2 Å². The zero-order valence-corrected chi connectivity index (χ0v) is 19.7. The fraction of sp³-hybridized carbons (Fsp3) is 0.333. The molecule has 0 amide bonds. The quantitative estimate of drug-likeness (QED) is 0.437. The van der Waals surface area contributed by atoms with E-state index in [2.05, 4.69) is 4.98 Å². The summed E-state index contributed by atoms with van der Waals surface area (Å²) in [6.07, 6.45) is 0.443. The van der Waals surface area contributed by atoms with Gasteiger partial charge in [0, 0.05) is 25.2 Å². The Morgan fingerprint density at radius 3 is 2.67 bits per heavy atom. The molecule has 1 unspecified atom stereocenters. The zero-order chi connectivity index (χ0) is 23.9. The Labute approximate surface area is 193 Å². The van der Waals surface area contributed by atoms with Crippen LogP contribution in [0.4, 0.5) is 0 Å². The second-order valence-electron chi connectivity index (χ2n) is 8.21. The molecule has 0 spiro atoms. The molecule has 4 aromatic rings. The zero-order valence-electron chi connectivity index (χ0n) is 18.9. The number of esters is 1. The lowest BCUT2D eigenvalue weighted by Gasteiger charge is -2.14. The number of hydrogen-bond acceptors (Lipinski definition) is 7. The number of carbonyl (C=O) groups is 1. The Hall–Kier alpha value is -3.30. The number of hydrogen-bond donors (Lipinski definition) is 1. The number of carbonyl (C=O) groups excluding carboxylic acids is 1. The minimum atomic E-state index is -1.22. The average molecular weight is 468 g/mol. The van der Waals surface area contributed by atoms with Crippen LogP contribution in [0, 0.1) is 5.92 Å². The van der Waals surface area contributed by atoms with Crippen LogP contribution in [0.3, 0.4) is 0 Å². The van der Waals surface area contributed by atoms with Gasteiger partial charge in [-0.15, -0.1) is 11.3 Å². The van der Waals surface area contributed by atoms with Crippen molar-refractivity contribution < 1.29 is 14.6 Å². The van der Waals surface area contributed by atoms with Crippen LogP contribution >= 0.6 is 11.3 Å². The van der Waals surface area contributed by atoms with E-state index in [9.17, 15) is 19.5 Å². The second-order valence-corrected chi connectivity index (χ2v) is 9.24. The topological polar surface area (TPSA) is 103 Å². The number of pyridine rings is 1. The van der Waals surface area contributed by atoms with Crippen LogP contribution in [0.5, 0.6) is 0 Å². The van der Waals surface area contributed by atoms with Gasteiger partial charge in [0.25, 0.3) is 5.56 Å². The predicted molar refractivity (Wildman–Crippen MR) is 128 cm³/mol. The molecule has 3 aromatic heterocycles. The molecule has 1 atom stereocenters. The third-order valence-corrected chi connectivity index (χ3v) is 6.71. The van der Waals surface area contributed by atoms with E-state index < -0.39 is 23.3 Å². The Balaban J connectivity index is 2.08. The molecule has 0 aliphatic rings. The number of aromatic nitrogens is 3. The normalized spacial score (nSPS) is 12.5. The number of fused-ring (bicyclic) bond motifs is 2. The molecule has 0 fully saturated rings. The van der Waals surface area contributed by atoms with E-state index in [1.54, 1.807) is 31.3 Å². The van der Waals surface area contributed by atoms with E-state index in [0.29, 0.717) is 22.5 Å². The second kappa shape index (κ2) is 8.92. The van der Waals surface area contributed by atoms with Crippen molar-refractivity contribution >= 4 is 38.4 Å². The van der Waals surface area contributed by atoms with Crippen molar-refractivity contribution in [3.05, 3.63) is 73.4 Å². The van der Waals surface area contributed by atoms with Gasteiger partial charge < -0.3 is 9.84 Å². The van der Waals surface area contributed by atoms with E-state index in [1.165, 1.54) is 11.6 Å². The van der Waals surface area contributed by atoms with Gasteiger partial charge in [-0.3, -0.25) is 18.9 Å². The van der Waals surface area contributed by atoms with E-state index in [1.807, 2.05) is 26.0 Å². The lowest BCUT2D eigenvalue weighted by molar-refractivity contribution is 0.0524. The van der Waals surface area contributed by atoms with Gasteiger partial charge in [-0.05, 0) is 30.5 Å². The first-order chi connectivity index (χ1) is 15.8. The fourth-order valence-corrected chi connectivity index (χ4v) is 5.27. The lowest BCUT2D eigenvalue weighted by Crippen LogP contribution is -2.38. The Morgan fingerprint density at radius 1 is 1.21 bits per heavy atom. The lowest BCUT2D eigenvalue weighted by atomic mass is 9.99. The minimum Gasteiger partial charge on any atom is -0.462 e. The van der Waals surface area contributed by atoms with Gasteiger partial charge in [-0.1, -0.05) is 32.0 Å². The van der Waals surface area contributed by atoms with E-state index in [0.717, 1.165) is 21.3 Å². The highest BCUT2D eigenvalue weighted by atomic mass is 32.1. The summed E-state index contributed by atoms with van der Waals surface area (Å²) in [5.74, 6) is -0.586. The van der Waals surface area contributed by atoms with Crippen LogP contribution in [-0.2, 0) is 18.3 Å². The van der Waals surface area contributed by atoms with Gasteiger partial charge in [-0.25, -0.2) is 9.59 Å². The Kier molecular flexibility index (Phi) is 6.18. The highest BCUT2D eigenvalue weighted by Gasteiger charge is 2.31. The molecular weight excluding hydrogens is 442 g/mol. The summed E-state index contributed by atoms with van der Waals surface area (Å²) in [7, 11) is 1.39. The molecule has 33 heavy (non-hydrogen) atoms. The van der Waals surface area contributed by atoms with Gasteiger partial charge in [0.15, 0.2) is 0 Å². The van der Waals surface area contributed by atoms with Crippen LogP contribution in [-0.4, -0.2) is 31.8 Å². The molecule has 0 radical (unpaired) electrons. The summed E-state index contributed by atoms with van der Waals surface area (Å²) < 4.78 is 7.76.